The second-order valence-corrected chi connectivity index (χ2v) is 4.32. The third kappa shape index (κ3) is 11.3. The minimum Gasteiger partial charge on any atom is -0.396 e. The Hall–Kier alpha value is -0.240. The minimum atomic E-state index is -0.0219. The van der Waals surface area contributed by atoms with Gasteiger partial charge in [-0.05, 0) is 6.42 Å². The molecule has 1 N–H and O–H groups in total. The van der Waals surface area contributed by atoms with Gasteiger partial charge in [0.05, 0.1) is 33.0 Å². The molecule has 0 heterocycles. The van der Waals surface area contributed by atoms with Crippen molar-refractivity contribution >= 4 is 0 Å². The van der Waals surface area contributed by atoms with Crippen LogP contribution in [-0.2, 0) is 23.7 Å². The first kappa shape index (κ1) is 18.8. The van der Waals surface area contributed by atoms with Gasteiger partial charge in [0.2, 0.25) is 0 Å². The number of methoxy groups -OCH3 is 3. The summed E-state index contributed by atoms with van der Waals surface area (Å²) in [4.78, 5) is 0. The number of ether oxygens (including phenoxy) is 5. The molecule has 0 radical (unpaired) electrons. The van der Waals surface area contributed by atoms with Crippen molar-refractivity contribution in [2.75, 3.05) is 67.6 Å². The monoisotopic (exact) mass is 280 g/mol. The van der Waals surface area contributed by atoms with Gasteiger partial charge in [-0.25, -0.2) is 0 Å². The van der Waals surface area contributed by atoms with Crippen LogP contribution in [0.1, 0.15) is 6.42 Å². The Morgan fingerprint density at radius 3 is 2.00 bits per heavy atom. The first-order chi connectivity index (χ1) is 9.28. The molecule has 19 heavy (non-hydrogen) atoms. The van der Waals surface area contributed by atoms with Crippen LogP contribution >= 0.6 is 0 Å². The number of hydrogen-bond acceptors (Lipinski definition) is 6. The van der Waals surface area contributed by atoms with Crippen LogP contribution < -0.4 is 0 Å². The highest BCUT2D eigenvalue weighted by Gasteiger charge is 2.08. The van der Waals surface area contributed by atoms with Crippen LogP contribution in [0.2, 0.25) is 0 Å². The van der Waals surface area contributed by atoms with Crippen LogP contribution in [-0.4, -0.2) is 78.8 Å². The molecule has 2 unspecified atom stereocenters. The van der Waals surface area contributed by atoms with E-state index in [1.807, 2.05) is 0 Å². The van der Waals surface area contributed by atoms with Crippen LogP contribution in [0.5, 0.6) is 0 Å². The molecule has 6 nitrogen and oxygen atoms in total. The van der Waals surface area contributed by atoms with Gasteiger partial charge in [0.15, 0.2) is 0 Å². The van der Waals surface area contributed by atoms with E-state index in [-0.39, 0.29) is 18.6 Å². The van der Waals surface area contributed by atoms with E-state index in [2.05, 4.69) is 0 Å². The van der Waals surface area contributed by atoms with Crippen LogP contribution in [0.25, 0.3) is 0 Å². The number of hydrogen-bond donors (Lipinski definition) is 1. The van der Waals surface area contributed by atoms with Gasteiger partial charge in [-0.2, -0.15) is 0 Å². The van der Waals surface area contributed by atoms with Crippen molar-refractivity contribution < 1.29 is 28.8 Å². The fraction of sp³-hybridized carbons (Fsp3) is 1.00. The van der Waals surface area contributed by atoms with Gasteiger partial charge in [0.25, 0.3) is 0 Å². The first-order valence-corrected chi connectivity index (χ1v) is 6.55. The Morgan fingerprint density at radius 1 is 0.842 bits per heavy atom. The lowest BCUT2D eigenvalue weighted by atomic mass is 10.2. The first-order valence-electron chi connectivity index (χ1n) is 6.55. The van der Waals surface area contributed by atoms with E-state index in [0.717, 1.165) is 6.42 Å². The molecule has 0 aliphatic heterocycles. The van der Waals surface area contributed by atoms with Crippen molar-refractivity contribution in [3.8, 4) is 0 Å². The summed E-state index contributed by atoms with van der Waals surface area (Å²) in [6, 6.07) is 0. The molecule has 0 aromatic carbocycles. The van der Waals surface area contributed by atoms with Gasteiger partial charge in [0, 0.05) is 40.5 Å². The van der Waals surface area contributed by atoms with E-state index in [0.29, 0.717) is 39.6 Å². The van der Waals surface area contributed by atoms with E-state index in [1.54, 1.807) is 21.3 Å². The molecule has 0 aliphatic carbocycles. The standard InChI is InChI=1S/C13H28O6/c1-15-8-12(7-14)9-18-5-4-6-19-11-13(17-3)10-16-2/h12-14H,4-11H2,1-3H3. The maximum Gasteiger partial charge on any atom is 0.104 e. The van der Waals surface area contributed by atoms with Crippen molar-refractivity contribution in [2.45, 2.75) is 12.5 Å². The summed E-state index contributed by atoms with van der Waals surface area (Å²) >= 11 is 0. The molecule has 0 bridgehead atoms. The Kier molecular flexibility index (Phi) is 14.0. The summed E-state index contributed by atoms with van der Waals surface area (Å²) < 4.78 is 26.0. The van der Waals surface area contributed by atoms with Crippen molar-refractivity contribution in [1.82, 2.24) is 0 Å². The summed E-state index contributed by atoms with van der Waals surface area (Å²) in [5.74, 6) is 0.0468. The second kappa shape index (κ2) is 14.2. The average Bonchev–Trinajstić information content (AvgIpc) is 2.43. The highest BCUT2D eigenvalue weighted by Crippen LogP contribution is 1.98. The Labute approximate surface area is 115 Å². The van der Waals surface area contributed by atoms with Crippen LogP contribution in [0, 0.1) is 5.92 Å². The van der Waals surface area contributed by atoms with Gasteiger partial charge in [0.1, 0.15) is 6.10 Å². The molecule has 0 fully saturated rings. The topological polar surface area (TPSA) is 66.4 Å². The summed E-state index contributed by atoms with van der Waals surface area (Å²) in [6.07, 6.45) is 0.792. The molecule has 0 spiro atoms. The summed E-state index contributed by atoms with van der Waals surface area (Å²) in [5.41, 5.74) is 0. The number of aliphatic hydroxyl groups excluding tert-OH is 1. The normalized spacial score (nSPS) is 14.5. The highest BCUT2D eigenvalue weighted by atomic mass is 16.5. The molecule has 0 aromatic heterocycles. The fourth-order valence-corrected chi connectivity index (χ4v) is 1.49. The average molecular weight is 280 g/mol. The quantitative estimate of drug-likeness (QED) is 0.462. The molecular weight excluding hydrogens is 252 g/mol. The van der Waals surface area contributed by atoms with Crippen LogP contribution in [0.15, 0.2) is 0 Å². The maximum atomic E-state index is 9.03. The molecule has 0 amide bonds. The Morgan fingerprint density at radius 2 is 1.47 bits per heavy atom. The van der Waals surface area contributed by atoms with E-state index < -0.39 is 0 Å². The number of rotatable bonds is 14. The zero-order chi connectivity index (χ0) is 14.3. The zero-order valence-electron chi connectivity index (χ0n) is 12.3. The van der Waals surface area contributed by atoms with E-state index in [9.17, 15) is 0 Å². The lowest BCUT2D eigenvalue weighted by molar-refractivity contribution is -0.0354. The molecule has 6 heteroatoms. The predicted octanol–water partition coefficient (Wildman–Crippen LogP) is 0.326. The minimum absolute atomic E-state index is 0.0219. The molecular formula is C13H28O6. The smallest absolute Gasteiger partial charge is 0.104 e. The summed E-state index contributed by atoms with van der Waals surface area (Å²) in [7, 11) is 4.89. The number of aliphatic hydroxyl groups is 1. The third-order valence-corrected chi connectivity index (χ3v) is 2.58. The van der Waals surface area contributed by atoms with E-state index in [1.165, 1.54) is 0 Å². The van der Waals surface area contributed by atoms with Gasteiger partial charge in [-0.3, -0.25) is 0 Å². The predicted molar refractivity (Wildman–Crippen MR) is 71.4 cm³/mol. The molecule has 2 atom stereocenters. The van der Waals surface area contributed by atoms with Gasteiger partial charge in [-0.1, -0.05) is 0 Å². The maximum absolute atomic E-state index is 9.03. The highest BCUT2D eigenvalue weighted by molar-refractivity contribution is 4.55. The van der Waals surface area contributed by atoms with Gasteiger partial charge < -0.3 is 28.8 Å². The Bertz CT molecular complexity index is 161. The fourth-order valence-electron chi connectivity index (χ4n) is 1.49. The van der Waals surface area contributed by atoms with E-state index in [4.69, 9.17) is 28.8 Å². The molecule has 0 saturated heterocycles. The lowest BCUT2D eigenvalue weighted by Crippen LogP contribution is -2.24. The van der Waals surface area contributed by atoms with Crippen molar-refractivity contribution in [3.05, 3.63) is 0 Å². The molecule has 0 saturated carbocycles. The molecule has 0 rings (SSSR count). The SMILES string of the molecule is COCC(CO)COCCCOCC(COC)OC. The molecule has 0 aliphatic rings. The molecule has 0 aromatic rings. The van der Waals surface area contributed by atoms with Gasteiger partial charge in [-0.15, -0.1) is 0 Å². The van der Waals surface area contributed by atoms with Gasteiger partial charge >= 0.3 is 0 Å². The van der Waals surface area contributed by atoms with Crippen molar-refractivity contribution in [1.29, 1.82) is 0 Å². The van der Waals surface area contributed by atoms with Crippen molar-refractivity contribution in [2.24, 2.45) is 5.92 Å². The molecule has 116 valence electrons. The van der Waals surface area contributed by atoms with Crippen LogP contribution in [0.4, 0.5) is 0 Å². The van der Waals surface area contributed by atoms with E-state index >= 15 is 0 Å². The third-order valence-electron chi connectivity index (χ3n) is 2.58. The summed E-state index contributed by atoms with van der Waals surface area (Å²) in [5, 5.41) is 9.03. The largest absolute Gasteiger partial charge is 0.396 e. The zero-order valence-corrected chi connectivity index (χ0v) is 12.3. The Balaban J connectivity index is 3.34. The lowest BCUT2D eigenvalue weighted by Gasteiger charge is -2.15. The second-order valence-electron chi connectivity index (χ2n) is 4.32. The van der Waals surface area contributed by atoms with Crippen LogP contribution in [0.3, 0.4) is 0 Å². The summed E-state index contributed by atoms with van der Waals surface area (Å²) in [6.45, 7) is 3.39. The van der Waals surface area contributed by atoms with Crippen molar-refractivity contribution in [3.63, 3.8) is 0 Å².